The molecular formula is C20H21F5. The molecule has 1 aliphatic rings. The van der Waals surface area contributed by atoms with Crippen molar-refractivity contribution in [2.75, 3.05) is 0 Å². The zero-order valence-electron chi connectivity index (χ0n) is 14.1. The average molecular weight is 356 g/mol. The van der Waals surface area contributed by atoms with Crippen LogP contribution in [0.1, 0.15) is 56.6 Å². The molecule has 1 aromatic rings. The molecule has 0 saturated heterocycles. The molecule has 0 aliphatic heterocycles. The van der Waals surface area contributed by atoms with Gasteiger partial charge in [0.2, 0.25) is 0 Å². The van der Waals surface area contributed by atoms with E-state index in [1.54, 1.807) is 6.08 Å². The van der Waals surface area contributed by atoms with E-state index in [0.29, 0.717) is 11.5 Å². The summed E-state index contributed by atoms with van der Waals surface area (Å²) >= 11 is 0. The molecule has 0 aromatic heterocycles. The summed E-state index contributed by atoms with van der Waals surface area (Å²) in [6.07, 6.45) is 5.67. The van der Waals surface area contributed by atoms with E-state index in [4.69, 9.17) is 0 Å². The quantitative estimate of drug-likeness (QED) is 0.427. The molecule has 1 fully saturated rings. The predicted molar refractivity (Wildman–Crippen MR) is 88.7 cm³/mol. The van der Waals surface area contributed by atoms with Crippen molar-refractivity contribution in [2.24, 2.45) is 11.8 Å². The van der Waals surface area contributed by atoms with Gasteiger partial charge in [-0.05, 0) is 55.2 Å². The van der Waals surface area contributed by atoms with Gasteiger partial charge in [-0.3, -0.25) is 0 Å². The summed E-state index contributed by atoms with van der Waals surface area (Å²) in [5.41, 5.74) is -0.558. The number of allylic oxidation sites excluding steroid dienone is 1. The van der Waals surface area contributed by atoms with Crippen molar-refractivity contribution in [3.8, 4) is 11.8 Å². The second kappa shape index (κ2) is 8.51. The Kier molecular flexibility index (Phi) is 6.64. The highest BCUT2D eigenvalue weighted by molar-refractivity contribution is 5.53. The van der Waals surface area contributed by atoms with E-state index in [-0.39, 0.29) is 0 Å². The molecule has 0 amide bonds. The first-order valence-electron chi connectivity index (χ1n) is 8.55. The molecule has 5 heteroatoms. The van der Waals surface area contributed by atoms with Crippen LogP contribution in [0, 0.1) is 35.3 Å². The molecule has 0 atom stereocenters. The summed E-state index contributed by atoms with van der Waals surface area (Å²) in [4.78, 5) is 0. The second-order valence-electron chi connectivity index (χ2n) is 6.54. The minimum absolute atomic E-state index is 0.295. The van der Waals surface area contributed by atoms with Gasteiger partial charge in [0.15, 0.2) is 0 Å². The van der Waals surface area contributed by atoms with Crippen molar-refractivity contribution >= 4 is 6.08 Å². The minimum atomic E-state index is -4.78. The van der Waals surface area contributed by atoms with Crippen LogP contribution in [0.25, 0.3) is 6.08 Å². The lowest BCUT2D eigenvalue weighted by atomic mass is 9.80. The van der Waals surface area contributed by atoms with Gasteiger partial charge in [0.1, 0.15) is 11.6 Å². The highest BCUT2D eigenvalue weighted by atomic mass is 19.4. The Bertz CT molecular complexity index is 645. The Hall–Kier alpha value is -1.83. The van der Waals surface area contributed by atoms with Gasteiger partial charge in [-0.15, -0.1) is 0 Å². The maximum atomic E-state index is 13.8. The molecule has 0 spiro atoms. The zero-order valence-corrected chi connectivity index (χ0v) is 14.1. The van der Waals surface area contributed by atoms with E-state index in [1.807, 2.05) is 6.08 Å². The molecule has 1 saturated carbocycles. The number of hydrogen-bond donors (Lipinski definition) is 0. The lowest BCUT2D eigenvalue weighted by Gasteiger charge is -2.26. The van der Waals surface area contributed by atoms with Crippen LogP contribution < -0.4 is 0 Å². The summed E-state index contributed by atoms with van der Waals surface area (Å²) in [7, 11) is 0. The highest BCUT2D eigenvalue weighted by Crippen LogP contribution is 2.32. The molecule has 0 nitrogen and oxygen atoms in total. The third-order valence-corrected chi connectivity index (χ3v) is 4.54. The van der Waals surface area contributed by atoms with Gasteiger partial charge in [0.05, 0.1) is 5.56 Å². The van der Waals surface area contributed by atoms with Crippen molar-refractivity contribution in [3.63, 3.8) is 0 Å². The van der Waals surface area contributed by atoms with Crippen molar-refractivity contribution in [1.29, 1.82) is 0 Å². The van der Waals surface area contributed by atoms with Crippen LogP contribution in [0.2, 0.25) is 0 Å². The molecule has 0 heterocycles. The molecule has 0 N–H and O–H groups in total. The summed E-state index contributed by atoms with van der Waals surface area (Å²) in [6.45, 7) is 2.18. The van der Waals surface area contributed by atoms with Crippen molar-refractivity contribution in [2.45, 2.75) is 51.6 Å². The largest absolute Gasteiger partial charge is 0.458 e. The van der Waals surface area contributed by atoms with Crippen LogP contribution in [0.15, 0.2) is 18.2 Å². The van der Waals surface area contributed by atoms with Crippen LogP contribution >= 0.6 is 0 Å². The first-order valence-corrected chi connectivity index (χ1v) is 8.55. The Balaban J connectivity index is 2.05. The maximum Gasteiger partial charge on any atom is 0.458 e. The number of halogens is 5. The van der Waals surface area contributed by atoms with Gasteiger partial charge in [0, 0.05) is 5.92 Å². The number of alkyl halides is 3. The maximum absolute atomic E-state index is 13.8. The standard InChI is InChI=1S/C20H21F5/c1-2-3-14-4-6-15(7-5-14)8-9-16-12-18(21)17(19(22)13-16)10-11-20(23,24)25/h8-9,12-15H,2-7H2,1H3. The zero-order chi connectivity index (χ0) is 18.4. The number of benzene rings is 1. The third kappa shape index (κ3) is 6.19. The molecule has 1 aromatic carbocycles. The normalized spacial score (nSPS) is 21.2. The summed E-state index contributed by atoms with van der Waals surface area (Å²) in [5.74, 6) is 1.40. The lowest BCUT2D eigenvalue weighted by Crippen LogP contribution is -2.12. The minimum Gasteiger partial charge on any atom is -0.205 e. The number of rotatable bonds is 4. The van der Waals surface area contributed by atoms with Crippen LogP contribution in [0.4, 0.5) is 22.0 Å². The van der Waals surface area contributed by atoms with Gasteiger partial charge in [-0.2, -0.15) is 13.2 Å². The van der Waals surface area contributed by atoms with E-state index in [1.165, 1.54) is 18.8 Å². The van der Waals surface area contributed by atoms with Gasteiger partial charge >= 0.3 is 6.18 Å². The fourth-order valence-electron chi connectivity index (χ4n) is 3.27. The van der Waals surface area contributed by atoms with Gasteiger partial charge in [-0.1, -0.05) is 37.8 Å². The van der Waals surface area contributed by atoms with E-state index in [9.17, 15) is 22.0 Å². The monoisotopic (exact) mass is 356 g/mol. The van der Waals surface area contributed by atoms with Crippen molar-refractivity contribution in [1.82, 2.24) is 0 Å². The highest BCUT2D eigenvalue weighted by Gasteiger charge is 2.23. The fraction of sp³-hybridized carbons (Fsp3) is 0.500. The van der Waals surface area contributed by atoms with Gasteiger partial charge in [-0.25, -0.2) is 8.78 Å². The first-order chi connectivity index (χ1) is 11.8. The number of hydrogen-bond acceptors (Lipinski definition) is 0. The Morgan fingerprint density at radius 2 is 1.68 bits per heavy atom. The topological polar surface area (TPSA) is 0 Å². The predicted octanol–water partition coefficient (Wildman–Crippen LogP) is 6.50. The first kappa shape index (κ1) is 19.5. The summed E-state index contributed by atoms with van der Waals surface area (Å²) in [5, 5.41) is 0. The molecule has 1 aliphatic carbocycles. The molecule has 0 unspecified atom stereocenters. The van der Waals surface area contributed by atoms with Gasteiger partial charge in [0.25, 0.3) is 0 Å². The SMILES string of the molecule is CCCC1CCC(C=Cc2cc(F)c(C#CC(F)(F)F)c(F)c2)CC1. The molecule has 25 heavy (non-hydrogen) atoms. The van der Waals surface area contributed by atoms with Crippen LogP contribution in [-0.2, 0) is 0 Å². The van der Waals surface area contributed by atoms with Crippen LogP contribution in [0.5, 0.6) is 0 Å². The van der Waals surface area contributed by atoms with Crippen LogP contribution in [-0.4, -0.2) is 6.18 Å². The Morgan fingerprint density at radius 3 is 2.20 bits per heavy atom. The lowest BCUT2D eigenvalue weighted by molar-refractivity contribution is -0.0696. The molecule has 0 bridgehead atoms. The van der Waals surface area contributed by atoms with E-state index < -0.39 is 23.4 Å². The average Bonchev–Trinajstić information content (AvgIpc) is 2.52. The summed E-state index contributed by atoms with van der Waals surface area (Å²) < 4.78 is 63.9. The van der Waals surface area contributed by atoms with E-state index in [0.717, 1.165) is 49.7 Å². The second-order valence-corrected chi connectivity index (χ2v) is 6.54. The van der Waals surface area contributed by atoms with E-state index in [2.05, 4.69) is 6.92 Å². The van der Waals surface area contributed by atoms with Gasteiger partial charge < -0.3 is 0 Å². The van der Waals surface area contributed by atoms with Crippen molar-refractivity contribution in [3.05, 3.63) is 41.0 Å². The molecular weight excluding hydrogens is 335 g/mol. The Morgan fingerprint density at radius 1 is 1.08 bits per heavy atom. The molecule has 0 radical (unpaired) electrons. The van der Waals surface area contributed by atoms with E-state index >= 15 is 0 Å². The molecule has 136 valence electrons. The van der Waals surface area contributed by atoms with Crippen LogP contribution in [0.3, 0.4) is 0 Å². The van der Waals surface area contributed by atoms with Crippen molar-refractivity contribution < 1.29 is 22.0 Å². The molecule has 2 rings (SSSR count). The fourth-order valence-corrected chi connectivity index (χ4v) is 3.27. The Labute approximate surface area is 145 Å². The third-order valence-electron chi connectivity index (χ3n) is 4.54. The summed E-state index contributed by atoms with van der Waals surface area (Å²) in [6, 6.07) is 2.03. The smallest absolute Gasteiger partial charge is 0.205 e.